The molecule has 1 aliphatic heterocycles. The van der Waals surface area contributed by atoms with Crippen LogP contribution in [0, 0.1) is 3.57 Å². The van der Waals surface area contributed by atoms with Gasteiger partial charge in [0.05, 0.1) is 0 Å². The number of aromatic nitrogens is 2. The van der Waals surface area contributed by atoms with Crippen LogP contribution in [0.4, 0.5) is 5.13 Å². The molecule has 1 saturated heterocycles. The molecule has 1 amide bonds. The predicted octanol–water partition coefficient (Wildman–Crippen LogP) is 3.26. The average Bonchev–Trinajstić information content (AvgIpc) is 3.05. The molecule has 0 atom stereocenters. The van der Waals surface area contributed by atoms with E-state index in [1.165, 1.54) is 0 Å². The minimum atomic E-state index is 0.110. The van der Waals surface area contributed by atoms with Crippen molar-refractivity contribution in [2.75, 3.05) is 31.1 Å². The Labute approximate surface area is 157 Å². The number of benzene rings is 1. The van der Waals surface area contributed by atoms with Crippen molar-refractivity contribution >= 4 is 55.3 Å². The lowest BCUT2D eigenvalue weighted by Crippen LogP contribution is -2.48. The maximum Gasteiger partial charge on any atom is 0.254 e. The number of piperazine rings is 1. The first-order chi connectivity index (χ1) is 11.7. The zero-order valence-corrected chi connectivity index (χ0v) is 15.8. The summed E-state index contributed by atoms with van der Waals surface area (Å²) in [5.41, 5.74) is 1.70. The van der Waals surface area contributed by atoms with Crippen LogP contribution < -0.4 is 4.90 Å². The topological polar surface area (TPSA) is 49.3 Å². The Morgan fingerprint density at radius 1 is 1.12 bits per heavy atom. The van der Waals surface area contributed by atoms with Crippen LogP contribution in [0.3, 0.4) is 0 Å². The van der Waals surface area contributed by atoms with Gasteiger partial charge in [-0.05, 0) is 52.9 Å². The second kappa shape index (κ2) is 6.64. The molecule has 1 aromatic carbocycles. The highest BCUT2D eigenvalue weighted by atomic mass is 127. The van der Waals surface area contributed by atoms with Crippen LogP contribution in [0.25, 0.3) is 10.3 Å². The SMILES string of the molecule is O=C(c1cccc(I)c1)N1CCN(c2nc3cccnc3s2)CC1. The van der Waals surface area contributed by atoms with E-state index in [9.17, 15) is 4.79 Å². The molecule has 3 heterocycles. The lowest BCUT2D eigenvalue weighted by atomic mass is 10.2. The van der Waals surface area contributed by atoms with Crippen LogP contribution in [0.1, 0.15) is 10.4 Å². The van der Waals surface area contributed by atoms with Crippen molar-refractivity contribution in [3.05, 3.63) is 51.7 Å². The number of fused-ring (bicyclic) bond motifs is 1. The van der Waals surface area contributed by atoms with Gasteiger partial charge in [-0.25, -0.2) is 9.97 Å². The lowest BCUT2D eigenvalue weighted by Gasteiger charge is -2.34. The number of amides is 1. The maximum absolute atomic E-state index is 12.6. The highest BCUT2D eigenvalue weighted by molar-refractivity contribution is 14.1. The van der Waals surface area contributed by atoms with E-state index < -0.39 is 0 Å². The third-order valence-corrected chi connectivity index (χ3v) is 5.78. The number of carbonyl (C=O) groups excluding carboxylic acids is 1. The van der Waals surface area contributed by atoms with Crippen molar-refractivity contribution in [2.45, 2.75) is 0 Å². The van der Waals surface area contributed by atoms with E-state index in [1.807, 2.05) is 41.3 Å². The first-order valence-electron chi connectivity index (χ1n) is 7.72. The summed E-state index contributed by atoms with van der Waals surface area (Å²) in [6, 6.07) is 11.6. The molecule has 0 aliphatic carbocycles. The number of nitrogens with zero attached hydrogens (tertiary/aromatic N) is 4. The standard InChI is InChI=1S/C17H15IN4OS/c18-13-4-1-3-12(11-13)16(23)21-7-9-22(10-8-21)17-20-14-5-2-6-19-15(14)24-17/h1-6,11H,7-10H2. The van der Waals surface area contributed by atoms with Crippen LogP contribution in [0.15, 0.2) is 42.6 Å². The molecule has 1 fully saturated rings. The number of hydrogen-bond donors (Lipinski definition) is 0. The van der Waals surface area contributed by atoms with Crippen molar-refractivity contribution < 1.29 is 4.79 Å². The number of carbonyl (C=O) groups is 1. The molecular weight excluding hydrogens is 435 g/mol. The van der Waals surface area contributed by atoms with E-state index >= 15 is 0 Å². The van der Waals surface area contributed by atoms with Gasteiger partial charge in [0.15, 0.2) is 5.13 Å². The summed E-state index contributed by atoms with van der Waals surface area (Å²) in [5.74, 6) is 0.110. The smallest absolute Gasteiger partial charge is 0.254 e. The number of rotatable bonds is 2. The fraction of sp³-hybridized carbons (Fsp3) is 0.235. The molecule has 5 nitrogen and oxygen atoms in total. The first-order valence-corrected chi connectivity index (χ1v) is 9.61. The van der Waals surface area contributed by atoms with E-state index in [4.69, 9.17) is 0 Å². The van der Waals surface area contributed by atoms with Gasteiger partial charge in [0.1, 0.15) is 10.3 Å². The second-order valence-electron chi connectivity index (χ2n) is 5.61. The van der Waals surface area contributed by atoms with Gasteiger partial charge < -0.3 is 9.80 Å². The van der Waals surface area contributed by atoms with Crippen molar-refractivity contribution in [1.29, 1.82) is 0 Å². The Balaban J connectivity index is 1.45. The van der Waals surface area contributed by atoms with Crippen LogP contribution in [0.5, 0.6) is 0 Å². The minimum absolute atomic E-state index is 0.110. The van der Waals surface area contributed by atoms with Crippen LogP contribution >= 0.6 is 33.9 Å². The first kappa shape index (κ1) is 15.8. The quantitative estimate of drug-likeness (QED) is 0.563. The van der Waals surface area contributed by atoms with Crippen molar-refractivity contribution in [1.82, 2.24) is 14.9 Å². The summed E-state index contributed by atoms with van der Waals surface area (Å²) in [7, 11) is 0. The lowest BCUT2D eigenvalue weighted by molar-refractivity contribution is 0.0746. The normalized spacial score (nSPS) is 15.0. The third-order valence-electron chi connectivity index (χ3n) is 4.06. The molecular formula is C17H15IN4OS. The van der Waals surface area contributed by atoms with Gasteiger partial charge in [0.25, 0.3) is 5.91 Å². The van der Waals surface area contributed by atoms with E-state index in [1.54, 1.807) is 17.5 Å². The maximum atomic E-state index is 12.6. The number of hydrogen-bond acceptors (Lipinski definition) is 5. The molecule has 24 heavy (non-hydrogen) atoms. The van der Waals surface area contributed by atoms with E-state index in [0.29, 0.717) is 13.1 Å². The zero-order chi connectivity index (χ0) is 16.5. The number of pyridine rings is 1. The Bertz CT molecular complexity index is 856. The second-order valence-corrected chi connectivity index (χ2v) is 7.82. The van der Waals surface area contributed by atoms with Crippen molar-refractivity contribution in [3.8, 4) is 0 Å². The predicted molar refractivity (Wildman–Crippen MR) is 105 cm³/mol. The molecule has 0 saturated carbocycles. The monoisotopic (exact) mass is 450 g/mol. The average molecular weight is 450 g/mol. The molecule has 4 rings (SSSR count). The third kappa shape index (κ3) is 3.10. The van der Waals surface area contributed by atoms with Crippen molar-refractivity contribution in [3.63, 3.8) is 0 Å². The molecule has 0 radical (unpaired) electrons. The van der Waals surface area contributed by atoms with Crippen LogP contribution in [-0.2, 0) is 0 Å². The van der Waals surface area contributed by atoms with Gasteiger partial charge >= 0.3 is 0 Å². The van der Waals surface area contributed by atoms with Gasteiger partial charge in [-0.1, -0.05) is 17.4 Å². The highest BCUT2D eigenvalue weighted by Crippen LogP contribution is 2.27. The summed E-state index contributed by atoms with van der Waals surface area (Å²) in [5, 5.41) is 0.991. The minimum Gasteiger partial charge on any atom is -0.344 e. The molecule has 0 N–H and O–H groups in total. The number of halogens is 1. The molecule has 7 heteroatoms. The van der Waals surface area contributed by atoms with Gasteiger partial charge in [-0.15, -0.1) is 0 Å². The fourth-order valence-electron chi connectivity index (χ4n) is 2.80. The number of anilines is 1. The fourth-order valence-corrected chi connectivity index (χ4v) is 4.30. The molecule has 2 aromatic heterocycles. The van der Waals surface area contributed by atoms with Crippen molar-refractivity contribution in [2.24, 2.45) is 0 Å². The summed E-state index contributed by atoms with van der Waals surface area (Å²) in [6.45, 7) is 3.03. The number of thiazole rings is 1. The highest BCUT2D eigenvalue weighted by Gasteiger charge is 2.24. The molecule has 122 valence electrons. The summed E-state index contributed by atoms with van der Waals surface area (Å²) in [6.07, 6.45) is 1.79. The van der Waals surface area contributed by atoms with Crippen LogP contribution in [0.2, 0.25) is 0 Å². The van der Waals surface area contributed by atoms with E-state index in [-0.39, 0.29) is 5.91 Å². The summed E-state index contributed by atoms with van der Waals surface area (Å²) < 4.78 is 1.08. The van der Waals surface area contributed by atoms with E-state index in [0.717, 1.165) is 37.7 Å². The van der Waals surface area contributed by atoms with Gasteiger partial charge in [-0.2, -0.15) is 0 Å². The summed E-state index contributed by atoms with van der Waals surface area (Å²) in [4.78, 5) is 26.8. The molecule has 1 aliphatic rings. The molecule has 0 unspecified atom stereocenters. The summed E-state index contributed by atoms with van der Waals surface area (Å²) >= 11 is 3.85. The van der Waals surface area contributed by atoms with Gasteiger partial charge in [0.2, 0.25) is 0 Å². The van der Waals surface area contributed by atoms with Crippen LogP contribution in [-0.4, -0.2) is 47.0 Å². The Hall–Kier alpha value is -1.74. The van der Waals surface area contributed by atoms with Gasteiger partial charge in [0, 0.05) is 41.5 Å². The van der Waals surface area contributed by atoms with E-state index in [2.05, 4.69) is 37.5 Å². The Kier molecular flexibility index (Phi) is 4.36. The zero-order valence-electron chi connectivity index (χ0n) is 12.9. The van der Waals surface area contributed by atoms with Gasteiger partial charge in [-0.3, -0.25) is 4.79 Å². The largest absolute Gasteiger partial charge is 0.344 e. The molecule has 0 bridgehead atoms. The molecule has 3 aromatic rings. The Morgan fingerprint density at radius 2 is 1.96 bits per heavy atom. The Morgan fingerprint density at radius 3 is 2.71 bits per heavy atom. The molecule has 0 spiro atoms.